The van der Waals surface area contributed by atoms with Crippen LogP contribution in [0.15, 0.2) is 53.4 Å². The molecule has 1 aliphatic heterocycles. The molecule has 6 heteroatoms. The molecule has 22 heavy (non-hydrogen) atoms. The van der Waals surface area contributed by atoms with Gasteiger partial charge in [-0.25, -0.2) is 8.42 Å². The van der Waals surface area contributed by atoms with E-state index in [0.29, 0.717) is 11.4 Å². The molecule has 1 aliphatic rings. The largest absolute Gasteiger partial charge is 0.487 e. The number of nitrogens with one attached hydrogen (secondary N) is 1. The van der Waals surface area contributed by atoms with Crippen molar-refractivity contribution in [3.05, 3.63) is 54.1 Å². The third-order valence-electron chi connectivity index (χ3n) is 3.63. The number of rotatable bonds is 2. The van der Waals surface area contributed by atoms with Gasteiger partial charge in [-0.3, -0.25) is 0 Å². The average Bonchev–Trinajstić information content (AvgIpc) is 2.53. The summed E-state index contributed by atoms with van der Waals surface area (Å²) in [6.45, 7) is 0.152. The van der Waals surface area contributed by atoms with Gasteiger partial charge < -0.3 is 10.1 Å². The number of ether oxygens (including phenoxy) is 1. The van der Waals surface area contributed by atoms with Gasteiger partial charge >= 0.3 is 0 Å². The van der Waals surface area contributed by atoms with Crippen molar-refractivity contribution in [3.8, 4) is 11.8 Å². The third-order valence-corrected chi connectivity index (χ3v) is 4.74. The monoisotopic (exact) mass is 314 g/mol. The summed E-state index contributed by atoms with van der Waals surface area (Å²) in [7, 11) is -3.32. The van der Waals surface area contributed by atoms with Gasteiger partial charge in [0.15, 0.2) is 15.4 Å². The van der Waals surface area contributed by atoms with Gasteiger partial charge in [0.05, 0.1) is 16.7 Å². The van der Waals surface area contributed by atoms with Crippen LogP contribution >= 0.6 is 0 Å². The van der Waals surface area contributed by atoms with Crippen LogP contribution in [-0.2, 0) is 15.4 Å². The van der Waals surface area contributed by atoms with E-state index in [2.05, 4.69) is 11.4 Å². The number of benzene rings is 2. The van der Waals surface area contributed by atoms with Crippen molar-refractivity contribution in [2.24, 2.45) is 0 Å². The van der Waals surface area contributed by atoms with E-state index in [1.165, 1.54) is 12.1 Å². The van der Waals surface area contributed by atoms with Crippen LogP contribution in [0.5, 0.6) is 5.75 Å². The Morgan fingerprint density at radius 3 is 2.59 bits per heavy atom. The van der Waals surface area contributed by atoms with Crippen LogP contribution in [0, 0.1) is 11.3 Å². The number of hydrogen-bond donors (Lipinski definition) is 1. The molecule has 0 bridgehead atoms. The van der Waals surface area contributed by atoms with Gasteiger partial charge in [-0.15, -0.1) is 0 Å². The minimum absolute atomic E-state index is 0.152. The lowest BCUT2D eigenvalue weighted by atomic mass is 9.90. The lowest BCUT2D eigenvalue weighted by molar-refractivity contribution is 0.253. The van der Waals surface area contributed by atoms with Crippen molar-refractivity contribution in [1.29, 1.82) is 5.26 Å². The van der Waals surface area contributed by atoms with Gasteiger partial charge in [-0.05, 0) is 23.8 Å². The highest BCUT2D eigenvalue weighted by atomic mass is 32.2. The van der Waals surface area contributed by atoms with Crippen molar-refractivity contribution in [1.82, 2.24) is 0 Å². The molecule has 2 aromatic rings. The zero-order valence-electron chi connectivity index (χ0n) is 11.9. The number of sulfone groups is 1. The number of anilines is 1. The fourth-order valence-corrected chi connectivity index (χ4v) is 3.07. The standard InChI is InChI=1S/C16H14N2O3S/c1-22(19,20)13-7-8-15-14(9-13)18-16(10-17,11-21-15)12-5-3-2-4-6-12/h2-9,18H,11H2,1H3. The van der Waals surface area contributed by atoms with Gasteiger partial charge in [0.25, 0.3) is 0 Å². The van der Waals surface area contributed by atoms with Crippen molar-refractivity contribution in [3.63, 3.8) is 0 Å². The van der Waals surface area contributed by atoms with Gasteiger partial charge in [-0.2, -0.15) is 5.26 Å². The molecule has 0 radical (unpaired) electrons. The van der Waals surface area contributed by atoms with Crippen molar-refractivity contribution in [2.45, 2.75) is 10.4 Å². The summed E-state index contributed by atoms with van der Waals surface area (Å²) in [5, 5.41) is 12.8. The Labute approximate surface area is 129 Å². The summed E-state index contributed by atoms with van der Waals surface area (Å²) < 4.78 is 29.0. The topological polar surface area (TPSA) is 79.2 Å². The zero-order chi connectivity index (χ0) is 15.8. The molecule has 3 rings (SSSR count). The maximum atomic E-state index is 11.7. The molecule has 0 fully saturated rings. The molecule has 1 atom stereocenters. The van der Waals surface area contributed by atoms with Crippen molar-refractivity contribution in [2.75, 3.05) is 18.2 Å². The highest BCUT2D eigenvalue weighted by Gasteiger charge is 2.37. The Bertz CT molecular complexity index is 857. The minimum Gasteiger partial charge on any atom is -0.487 e. The Hall–Kier alpha value is -2.52. The van der Waals surface area contributed by atoms with E-state index in [4.69, 9.17) is 4.74 Å². The van der Waals surface area contributed by atoms with Crippen LogP contribution in [0.1, 0.15) is 5.56 Å². The van der Waals surface area contributed by atoms with E-state index in [1.807, 2.05) is 30.3 Å². The van der Waals surface area contributed by atoms with E-state index in [9.17, 15) is 13.7 Å². The maximum absolute atomic E-state index is 11.7. The molecule has 0 spiro atoms. The first kappa shape index (κ1) is 14.4. The molecular weight excluding hydrogens is 300 g/mol. The molecular formula is C16H14N2O3S. The molecule has 0 aromatic heterocycles. The molecule has 2 aromatic carbocycles. The summed E-state index contributed by atoms with van der Waals surface area (Å²) >= 11 is 0. The van der Waals surface area contributed by atoms with Gasteiger partial charge in [-0.1, -0.05) is 30.3 Å². The predicted molar refractivity (Wildman–Crippen MR) is 82.4 cm³/mol. The average molecular weight is 314 g/mol. The maximum Gasteiger partial charge on any atom is 0.185 e. The second-order valence-corrected chi connectivity index (χ2v) is 7.24. The van der Waals surface area contributed by atoms with E-state index in [-0.39, 0.29) is 11.5 Å². The number of nitrogens with zero attached hydrogens (tertiary/aromatic N) is 1. The van der Waals surface area contributed by atoms with Crippen LogP contribution in [0.4, 0.5) is 5.69 Å². The normalized spacial score (nSPS) is 20.2. The van der Waals surface area contributed by atoms with Crippen LogP contribution in [0.3, 0.4) is 0 Å². The Balaban J connectivity index is 2.07. The first-order chi connectivity index (χ1) is 10.4. The molecule has 1 unspecified atom stereocenters. The SMILES string of the molecule is CS(=O)(=O)c1ccc2c(c1)NC(C#N)(c1ccccc1)CO2. The second-order valence-electron chi connectivity index (χ2n) is 5.23. The molecule has 0 aliphatic carbocycles. The first-order valence-electron chi connectivity index (χ1n) is 6.66. The number of fused-ring (bicyclic) bond motifs is 1. The molecule has 112 valence electrons. The van der Waals surface area contributed by atoms with Crippen LogP contribution in [0.25, 0.3) is 0 Å². The van der Waals surface area contributed by atoms with Gasteiger partial charge in [0.1, 0.15) is 12.4 Å². The zero-order valence-corrected chi connectivity index (χ0v) is 12.7. The molecule has 0 amide bonds. The Kier molecular flexibility index (Phi) is 3.30. The summed E-state index contributed by atoms with van der Waals surface area (Å²) in [5.41, 5.74) is 0.234. The smallest absolute Gasteiger partial charge is 0.185 e. The molecule has 0 saturated carbocycles. The molecule has 1 N–H and O–H groups in total. The van der Waals surface area contributed by atoms with Crippen molar-refractivity contribution < 1.29 is 13.2 Å². The second kappa shape index (κ2) is 5.04. The van der Waals surface area contributed by atoms with E-state index in [1.54, 1.807) is 6.07 Å². The van der Waals surface area contributed by atoms with Crippen LogP contribution < -0.4 is 10.1 Å². The fraction of sp³-hybridized carbons (Fsp3) is 0.188. The van der Waals surface area contributed by atoms with Crippen molar-refractivity contribution >= 4 is 15.5 Å². The summed E-state index contributed by atoms with van der Waals surface area (Å²) in [5.74, 6) is 0.536. The third kappa shape index (κ3) is 2.40. The highest BCUT2D eigenvalue weighted by molar-refractivity contribution is 7.90. The Morgan fingerprint density at radius 2 is 1.95 bits per heavy atom. The molecule has 5 nitrogen and oxygen atoms in total. The quantitative estimate of drug-likeness (QED) is 0.920. The van der Waals surface area contributed by atoms with Crippen LogP contribution in [-0.4, -0.2) is 21.3 Å². The van der Waals surface area contributed by atoms with E-state index < -0.39 is 15.4 Å². The number of hydrogen-bond acceptors (Lipinski definition) is 5. The summed E-state index contributed by atoms with van der Waals surface area (Å²) in [4.78, 5) is 0.184. The highest BCUT2D eigenvalue weighted by Crippen LogP contribution is 2.38. The predicted octanol–water partition coefficient (Wildman–Crippen LogP) is 2.31. The lowest BCUT2D eigenvalue weighted by Gasteiger charge is -2.34. The molecule has 0 saturated heterocycles. The fourth-order valence-electron chi connectivity index (χ4n) is 2.42. The lowest BCUT2D eigenvalue weighted by Crippen LogP contribution is -2.42. The minimum atomic E-state index is -3.32. The van der Waals surface area contributed by atoms with Crippen LogP contribution in [0.2, 0.25) is 0 Å². The first-order valence-corrected chi connectivity index (χ1v) is 8.56. The van der Waals surface area contributed by atoms with E-state index in [0.717, 1.165) is 11.8 Å². The van der Waals surface area contributed by atoms with E-state index >= 15 is 0 Å². The van der Waals surface area contributed by atoms with Gasteiger partial charge in [0.2, 0.25) is 0 Å². The molecule has 1 heterocycles. The Morgan fingerprint density at radius 1 is 1.23 bits per heavy atom. The van der Waals surface area contributed by atoms with Gasteiger partial charge in [0, 0.05) is 6.26 Å². The number of nitriles is 1. The summed E-state index contributed by atoms with van der Waals surface area (Å²) in [6.07, 6.45) is 1.15. The summed E-state index contributed by atoms with van der Waals surface area (Å²) in [6, 6.07) is 16.1.